The smallest absolute Gasteiger partial charge is 0.343 e. The van der Waals surface area contributed by atoms with Crippen molar-refractivity contribution in [2.75, 3.05) is 14.2 Å². The van der Waals surface area contributed by atoms with Crippen LogP contribution in [0.3, 0.4) is 0 Å². The average molecular weight is 741 g/mol. The highest BCUT2D eigenvalue weighted by molar-refractivity contribution is 6.22. The van der Waals surface area contributed by atoms with Crippen molar-refractivity contribution in [2.45, 2.75) is 0 Å². The number of carbonyl (C=O) groups excluding carboxylic acids is 8. The second-order valence-corrected chi connectivity index (χ2v) is 11.9. The lowest BCUT2D eigenvalue weighted by atomic mass is 10.1. The Bertz CT molecular complexity index is 2510. The Morgan fingerprint density at radius 3 is 1.47 bits per heavy atom. The number of methoxy groups -OCH3 is 1. The molecule has 0 spiro atoms. The molecule has 2 heterocycles. The highest BCUT2D eigenvalue weighted by atomic mass is 16.6. The van der Waals surface area contributed by atoms with Crippen LogP contribution < -0.4 is 29.0 Å². The molecule has 1 N–H and O–H groups in total. The number of fused-ring (bicyclic) bond motifs is 2. The molecule has 0 bridgehead atoms. The molecular weight excluding hydrogens is 716 g/mol. The second-order valence-electron chi connectivity index (χ2n) is 11.9. The van der Waals surface area contributed by atoms with Crippen LogP contribution in [-0.2, 0) is 0 Å². The van der Waals surface area contributed by atoms with Crippen molar-refractivity contribution in [2.24, 2.45) is 0 Å². The van der Waals surface area contributed by atoms with E-state index in [0.717, 1.165) is 4.90 Å². The first-order chi connectivity index (χ1) is 26.4. The average Bonchev–Trinajstić information content (AvgIpc) is 3.60. The van der Waals surface area contributed by atoms with Gasteiger partial charge in [-0.15, -0.1) is 0 Å². The van der Waals surface area contributed by atoms with Crippen LogP contribution in [0.2, 0.25) is 0 Å². The zero-order valence-electron chi connectivity index (χ0n) is 28.6. The minimum absolute atomic E-state index is 0.0138. The molecule has 15 nitrogen and oxygen atoms in total. The third kappa shape index (κ3) is 7.00. The maximum atomic E-state index is 12.9. The number of amides is 4. The Morgan fingerprint density at radius 1 is 0.455 bits per heavy atom. The lowest BCUT2D eigenvalue weighted by Crippen LogP contribution is -2.24. The molecule has 272 valence electrons. The van der Waals surface area contributed by atoms with Crippen LogP contribution in [0.5, 0.6) is 28.7 Å². The summed E-state index contributed by atoms with van der Waals surface area (Å²) in [5.74, 6) is -4.88. The van der Waals surface area contributed by atoms with Crippen LogP contribution in [0.25, 0.3) is 0 Å². The zero-order chi connectivity index (χ0) is 39.0. The highest BCUT2D eigenvalue weighted by Crippen LogP contribution is 2.33. The summed E-state index contributed by atoms with van der Waals surface area (Å²) in [5, 5.41) is 2.15. The third-order valence-corrected chi connectivity index (χ3v) is 8.45. The maximum absolute atomic E-state index is 12.9. The van der Waals surface area contributed by atoms with Crippen LogP contribution in [0, 0.1) is 0 Å². The number of carbonyl (C=O) groups is 8. The van der Waals surface area contributed by atoms with Gasteiger partial charge in [0.1, 0.15) is 17.2 Å². The van der Waals surface area contributed by atoms with Gasteiger partial charge < -0.3 is 23.7 Å². The fraction of sp³-hybridized carbons (Fsp3) is 0.0500. The summed E-state index contributed by atoms with van der Waals surface area (Å²) in [6, 6.07) is 23.1. The normalized spacial score (nSPS) is 12.7. The van der Waals surface area contributed by atoms with E-state index in [1.165, 1.54) is 117 Å². The molecule has 0 unspecified atom stereocenters. The van der Waals surface area contributed by atoms with E-state index >= 15 is 0 Å². The largest absolute Gasteiger partial charge is 0.493 e. The Hall–Kier alpha value is -7.94. The number of nitrogens with one attached hydrogen (secondary N) is 1. The highest BCUT2D eigenvalue weighted by Gasteiger charge is 2.33. The lowest BCUT2D eigenvalue weighted by molar-refractivity contribution is 0.0685. The van der Waals surface area contributed by atoms with Gasteiger partial charge in [0, 0.05) is 13.1 Å². The number of hydrogen-bond acceptors (Lipinski definition) is 13. The van der Waals surface area contributed by atoms with Crippen molar-refractivity contribution < 1.29 is 62.0 Å². The summed E-state index contributed by atoms with van der Waals surface area (Å²) in [6.45, 7) is 0. The van der Waals surface area contributed by atoms with Crippen LogP contribution in [0.15, 0.2) is 103 Å². The third-order valence-electron chi connectivity index (χ3n) is 8.45. The summed E-state index contributed by atoms with van der Waals surface area (Å²) in [4.78, 5) is 100. The Kier molecular flexibility index (Phi) is 9.18. The van der Waals surface area contributed by atoms with Crippen molar-refractivity contribution in [3.63, 3.8) is 0 Å². The van der Waals surface area contributed by atoms with E-state index in [1.807, 2.05) is 0 Å². The van der Waals surface area contributed by atoms with Gasteiger partial charge in [0.2, 0.25) is 0 Å². The predicted octanol–water partition coefficient (Wildman–Crippen LogP) is 4.68. The molecule has 0 fully saturated rings. The van der Waals surface area contributed by atoms with Gasteiger partial charge in [0.15, 0.2) is 11.5 Å². The number of benzene rings is 5. The second kappa shape index (κ2) is 14.2. The molecule has 0 saturated carbocycles. The Labute approximate surface area is 309 Å². The first-order valence-electron chi connectivity index (χ1n) is 16.1. The van der Waals surface area contributed by atoms with Crippen molar-refractivity contribution in [1.82, 2.24) is 10.2 Å². The number of nitrogens with zero attached hydrogens (tertiary/aromatic N) is 1. The van der Waals surface area contributed by atoms with Crippen LogP contribution in [0.4, 0.5) is 0 Å². The predicted molar refractivity (Wildman–Crippen MR) is 187 cm³/mol. The lowest BCUT2D eigenvalue weighted by Gasteiger charge is -2.12. The molecular formula is C40H24N2O13. The number of hydrogen-bond donors (Lipinski definition) is 1. The van der Waals surface area contributed by atoms with Gasteiger partial charge in [-0.2, -0.15) is 0 Å². The van der Waals surface area contributed by atoms with Gasteiger partial charge in [-0.1, -0.05) is 0 Å². The molecule has 0 atom stereocenters. The summed E-state index contributed by atoms with van der Waals surface area (Å²) in [5.41, 5.74) is 0.844. The Balaban J connectivity index is 0.938. The minimum Gasteiger partial charge on any atom is -0.493 e. The minimum atomic E-state index is -0.781. The topological polar surface area (TPSA) is 198 Å². The fourth-order valence-corrected chi connectivity index (χ4v) is 5.55. The summed E-state index contributed by atoms with van der Waals surface area (Å²) < 4.78 is 27.0. The van der Waals surface area contributed by atoms with Gasteiger partial charge in [0.05, 0.1) is 51.6 Å². The standard InChI is InChI=1S/C40H24N2O13/c1-42-35(45)28-15-8-23(18-30(28)36(42)46)40(50)53-25-11-5-21(6-12-25)38(48)55-31-16-13-26(19-32(31)51-2)54-37(47)20-3-9-24(10-4-20)52-39(49)22-7-14-27-29(17-22)34(44)41-33(27)43/h3-19H,1-2H3,(H,41,43,44). The Morgan fingerprint density at radius 2 is 0.891 bits per heavy atom. The molecule has 4 amide bonds. The van der Waals surface area contributed by atoms with Gasteiger partial charge in [-0.3, -0.25) is 29.4 Å². The number of imide groups is 2. The SMILES string of the molecule is COc1cc(OC(=O)c2ccc(OC(=O)c3ccc4c(c3)C(=O)NC4=O)cc2)ccc1OC(=O)c1ccc(OC(=O)c2ccc3c(c2)C(=O)N(C)C3=O)cc1. The molecule has 0 saturated heterocycles. The van der Waals surface area contributed by atoms with E-state index in [2.05, 4.69) is 5.32 Å². The summed E-state index contributed by atoms with van der Waals surface area (Å²) in [7, 11) is 2.67. The molecule has 5 aromatic carbocycles. The summed E-state index contributed by atoms with van der Waals surface area (Å²) >= 11 is 0. The van der Waals surface area contributed by atoms with Crippen molar-refractivity contribution in [3.8, 4) is 28.7 Å². The molecule has 0 aromatic heterocycles. The summed E-state index contributed by atoms with van der Waals surface area (Å²) in [6.07, 6.45) is 0. The molecule has 0 aliphatic carbocycles. The van der Waals surface area contributed by atoms with Gasteiger partial charge in [-0.05, 0) is 97.1 Å². The van der Waals surface area contributed by atoms with E-state index in [-0.39, 0.29) is 73.3 Å². The van der Waals surface area contributed by atoms with Crippen LogP contribution >= 0.6 is 0 Å². The zero-order valence-corrected chi connectivity index (χ0v) is 28.6. The molecule has 7 rings (SSSR count). The quantitative estimate of drug-likeness (QED) is 0.124. The van der Waals surface area contributed by atoms with Crippen molar-refractivity contribution >= 4 is 47.5 Å². The molecule has 2 aliphatic rings. The number of rotatable bonds is 9. The molecule has 0 radical (unpaired) electrons. The first-order valence-corrected chi connectivity index (χ1v) is 16.1. The van der Waals surface area contributed by atoms with E-state index in [9.17, 15) is 38.4 Å². The van der Waals surface area contributed by atoms with E-state index < -0.39 is 47.5 Å². The number of esters is 4. The van der Waals surface area contributed by atoms with Crippen LogP contribution in [-0.4, -0.2) is 66.6 Å². The van der Waals surface area contributed by atoms with Crippen molar-refractivity contribution in [1.29, 1.82) is 0 Å². The van der Waals surface area contributed by atoms with Gasteiger partial charge in [0.25, 0.3) is 23.6 Å². The number of ether oxygens (including phenoxy) is 5. The van der Waals surface area contributed by atoms with E-state index in [4.69, 9.17) is 23.7 Å². The molecule has 15 heteroatoms. The first kappa shape index (κ1) is 35.5. The van der Waals surface area contributed by atoms with E-state index in [1.54, 1.807) is 0 Å². The molecule has 2 aliphatic heterocycles. The molecule has 55 heavy (non-hydrogen) atoms. The monoisotopic (exact) mass is 740 g/mol. The van der Waals surface area contributed by atoms with E-state index in [0.29, 0.717) is 0 Å². The molecule has 5 aromatic rings. The maximum Gasteiger partial charge on any atom is 0.343 e. The van der Waals surface area contributed by atoms with Crippen LogP contribution in [0.1, 0.15) is 82.9 Å². The van der Waals surface area contributed by atoms with Crippen molar-refractivity contribution in [3.05, 3.63) is 148 Å². The van der Waals surface area contributed by atoms with Gasteiger partial charge in [-0.25, -0.2) is 19.2 Å². The fourth-order valence-electron chi connectivity index (χ4n) is 5.55. The van der Waals surface area contributed by atoms with Gasteiger partial charge >= 0.3 is 23.9 Å².